The molecule has 2 N–H and O–H groups in total. The zero-order valence-corrected chi connectivity index (χ0v) is 11.8. The van der Waals surface area contributed by atoms with Crippen molar-refractivity contribution in [2.75, 3.05) is 0 Å². The molecule has 3 heteroatoms. The number of hydrogen-bond donors (Lipinski definition) is 1. The third-order valence-corrected chi connectivity index (χ3v) is 3.26. The van der Waals surface area contributed by atoms with Gasteiger partial charge in [0.2, 0.25) is 0 Å². The summed E-state index contributed by atoms with van der Waals surface area (Å²) in [6.45, 7) is 6.65. The van der Waals surface area contributed by atoms with Crippen molar-refractivity contribution in [3.05, 3.63) is 59.7 Å². The van der Waals surface area contributed by atoms with Crippen molar-refractivity contribution >= 4 is 0 Å². The van der Waals surface area contributed by atoms with E-state index in [1.165, 1.54) is 17.5 Å². The average Bonchev–Trinajstić information content (AvgIpc) is 2.39. The Morgan fingerprint density at radius 3 is 2.32 bits per heavy atom. The molecule has 0 aliphatic carbocycles. The Hall–Kier alpha value is -1.74. The van der Waals surface area contributed by atoms with Crippen LogP contribution in [0.15, 0.2) is 42.9 Å². The molecule has 0 amide bonds. The van der Waals surface area contributed by atoms with Gasteiger partial charge in [-0.2, -0.15) is 0 Å². The van der Waals surface area contributed by atoms with Gasteiger partial charge in [-0.15, -0.1) is 0 Å². The zero-order valence-electron chi connectivity index (χ0n) is 11.8. The number of aromatic nitrogens is 2. The van der Waals surface area contributed by atoms with Crippen LogP contribution in [0, 0.1) is 0 Å². The molecule has 0 aliphatic heterocycles. The molecule has 0 bridgehead atoms. The predicted molar refractivity (Wildman–Crippen MR) is 77.8 cm³/mol. The van der Waals surface area contributed by atoms with Crippen LogP contribution in [-0.2, 0) is 11.8 Å². The fraction of sp³-hybridized carbons (Fsp3) is 0.375. The largest absolute Gasteiger partial charge is 0.322 e. The lowest BCUT2D eigenvalue weighted by Crippen LogP contribution is -2.15. The summed E-state index contributed by atoms with van der Waals surface area (Å²) < 4.78 is 0. The van der Waals surface area contributed by atoms with Crippen molar-refractivity contribution in [2.24, 2.45) is 5.73 Å². The molecule has 0 aliphatic rings. The minimum atomic E-state index is -0.0801. The van der Waals surface area contributed by atoms with E-state index in [0.29, 0.717) is 0 Å². The maximum atomic E-state index is 6.16. The van der Waals surface area contributed by atoms with Gasteiger partial charge in [-0.3, -0.25) is 0 Å². The topological polar surface area (TPSA) is 51.8 Å². The van der Waals surface area contributed by atoms with Crippen molar-refractivity contribution in [3.63, 3.8) is 0 Å². The van der Waals surface area contributed by atoms with Gasteiger partial charge in [0.25, 0.3) is 0 Å². The Balaban J connectivity index is 2.08. The standard InChI is InChI=1S/C16H21N3/c1-16(2,3)13-6-4-12(5-7-13)10-14(17)15-8-9-18-11-19-15/h4-9,11,14H,10,17H2,1-3H3. The number of benzene rings is 1. The van der Waals surface area contributed by atoms with E-state index in [1.807, 2.05) is 6.07 Å². The lowest BCUT2D eigenvalue weighted by molar-refractivity contribution is 0.589. The van der Waals surface area contributed by atoms with Gasteiger partial charge in [-0.1, -0.05) is 45.0 Å². The Morgan fingerprint density at radius 2 is 1.79 bits per heavy atom. The SMILES string of the molecule is CC(C)(C)c1ccc(CC(N)c2ccncn2)cc1. The third-order valence-electron chi connectivity index (χ3n) is 3.26. The smallest absolute Gasteiger partial charge is 0.115 e. The third kappa shape index (κ3) is 3.61. The van der Waals surface area contributed by atoms with Gasteiger partial charge in [0.1, 0.15) is 6.33 Å². The van der Waals surface area contributed by atoms with Gasteiger partial charge >= 0.3 is 0 Å². The fourth-order valence-corrected chi connectivity index (χ4v) is 2.02. The summed E-state index contributed by atoms with van der Waals surface area (Å²) in [5.41, 5.74) is 9.81. The molecule has 2 aromatic rings. The van der Waals surface area contributed by atoms with E-state index in [4.69, 9.17) is 5.73 Å². The molecule has 1 aromatic heterocycles. The van der Waals surface area contributed by atoms with Crippen LogP contribution in [0.1, 0.15) is 43.6 Å². The monoisotopic (exact) mass is 255 g/mol. The highest BCUT2D eigenvalue weighted by Crippen LogP contribution is 2.23. The first-order valence-corrected chi connectivity index (χ1v) is 6.58. The molecule has 0 saturated carbocycles. The summed E-state index contributed by atoms with van der Waals surface area (Å²) in [5, 5.41) is 0. The van der Waals surface area contributed by atoms with E-state index in [1.54, 1.807) is 6.20 Å². The van der Waals surface area contributed by atoms with E-state index in [-0.39, 0.29) is 11.5 Å². The highest BCUT2D eigenvalue weighted by atomic mass is 14.8. The molecule has 0 spiro atoms. The normalized spacial score (nSPS) is 13.3. The van der Waals surface area contributed by atoms with Gasteiger partial charge in [0.05, 0.1) is 11.7 Å². The van der Waals surface area contributed by atoms with Crippen molar-refractivity contribution in [1.29, 1.82) is 0 Å². The molecule has 2 rings (SSSR count). The van der Waals surface area contributed by atoms with Gasteiger partial charge in [-0.05, 0) is 29.0 Å². The van der Waals surface area contributed by atoms with Crippen molar-refractivity contribution in [2.45, 2.75) is 38.6 Å². The second-order valence-corrected chi connectivity index (χ2v) is 5.89. The van der Waals surface area contributed by atoms with Crippen LogP contribution >= 0.6 is 0 Å². The highest BCUT2D eigenvalue weighted by Gasteiger charge is 2.13. The van der Waals surface area contributed by atoms with Gasteiger partial charge in [-0.25, -0.2) is 9.97 Å². The summed E-state index contributed by atoms with van der Waals surface area (Å²) in [6.07, 6.45) is 4.06. The maximum Gasteiger partial charge on any atom is 0.115 e. The Bertz CT molecular complexity index is 512. The van der Waals surface area contributed by atoms with E-state index >= 15 is 0 Å². The lowest BCUT2D eigenvalue weighted by Gasteiger charge is -2.19. The molecule has 0 fully saturated rings. The maximum absolute atomic E-state index is 6.16. The molecule has 19 heavy (non-hydrogen) atoms. The summed E-state index contributed by atoms with van der Waals surface area (Å²) in [7, 11) is 0. The highest BCUT2D eigenvalue weighted by molar-refractivity contribution is 5.28. The minimum Gasteiger partial charge on any atom is -0.322 e. The molecular weight excluding hydrogens is 234 g/mol. The van der Waals surface area contributed by atoms with Crippen LogP contribution in [0.5, 0.6) is 0 Å². The van der Waals surface area contributed by atoms with E-state index in [9.17, 15) is 0 Å². The first-order valence-electron chi connectivity index (χ1n) is 6.58. The summed E-state index contributed by atoms with van der Waals surface area (Å²) in [4.78, 5) is 8.10. The molecule has 0 radical (unpaired) electrons. The number of nitrogens with two attached hydrogens (primary N) is 1. The quantitative estimate of drug-likeness (QED) is 0.917. The van der Waals surface area contributed by atoms with Crippen LogP contribution in [-0.4, -0.2) is 9.97 Å². The molecule has 0 saturated heterocycles. The van der Waals surface area contributed by atoms with Crippen LogP contribution in [0.3, 0.4) is 0 Å². The second kappa shape index (κ2) is 5.49. The fourth-order valence-electron chi connectivity index (χ4n) is 2.02. The number of rotatable bonds is 3. The van der Waals surface area contributed by atoms with Crippen molar-refractivity contribution < 1.29 is 0 Å². The molecule has 1 heterocycles. The summed E-state index contributed by atoms with van der Waals surface area (Å²) in [6, 6.07) is 10.5. The first-order chi connectivity index (χ1) is 8.97. The zero-order chi connectivity index (χ0) is 13.9. The number of nitrogens with zero attached hydrogens (tertiary/aromatic N) is 2. The Labute approximate surface area is 114 Å². The van der Waals surface area contributed by atoms with Crippen molar-refractivity contribution in [3.8, 4) is 0 Å². The van der Waals surface area contributed by atoms with Crippen LogP contribution in [0.25, 0.3) is 0 Å². The lowest BCUT2D eigenvalue weighted by atomic mass is 9.86. The summed E-state index contributed by atoms with van der Waals surface area (Å²) in [5.74, 6) is 0. The Morgan fingerprint density at radius 1 is 1.11 bits per heavy atom. The summed E-state index contributed by atoms with van der Waals surface area (Å²) >= 11 is 0. The van der Waals surface area contributed by atoms with Gasteiger partial charge in [0, 0.05) is 6.20 Å². The molecular formula is C16H21N3. The van der Waals surface area contributed by atoms with Crippen molar-refractivity contribution in [1.82, 2.24) is 9.97 Å². The second-order valence-electron chi connectivity index (χ2n) is 5.89. The number of hydrogen-bond acceptors (Lipinski definition) is 3. The van der Waals surface area contributed by atoms with E-state index < -0.39 is 0 Å². The predicted octanol–water partition coefficient (Wildman–Crippen LogP) is 3.02. The molecule has 1 aromatic carbocycles. The first kappa shape index (κ1) is 13.7. The van der Waals surface area contributed by atoms with Crippen LogP contribution in [0.2, 0.25) is 0 Å². The molecule has 3 nitrogen and oxygen atoms in total. The molecule has 100 valence electrons. The van der Waals surface area contributed by atoms with Gasteiger partial charge < -0.3 is 5.73 Å². The van der Waals surface area contributed by atoms with Gasteiger partial charge in [0.15, 0.2) is 0 Å². The average molecular weight is 255 g/mol. The van der Waals surface area contributed by atoms with Crippen LogP contribution < -0.4 is 5.73 Å². The molecule has 1 atom stereocenters. The minimum absolute atomic E-state index is 0.0801. The van der Waals surface area contributed by atoms with Crippen LogP contribution in [0.4, 0.5) is 0 Å². The Kier molecular flexibility index (Phi) is 3.96. The van der Waals surface area contributed by atoms with E-state index in [0.717, 1.165) is 12.1 Å². The van der Waals surface area contributed by atoms with E-state index in [2.05, 4.69) is 55.0 Å². The molecule has 1 unspecified atom stereocenters.